The zero-order chi connectivity index (χ0) is 12.7. The number of carbonyl (C=O) groups excluding carboxylic acids is 1. The number of carbonyl (C=O) groups is 2. The molecule has 0 saturated carbocycles. The summed E-state index contributed by atoms with van der Waals surface area (Å²) >= 11 is 0. The zero-order valence-corrected chi connectivity index (χ0v) is 10.7. The van der Waals surface area contributed by atoms with Gasteiger partial charge in [0.15, 0.2) is 0 Å². The molecule has 0 aliphatic heterocycles. The van der Waals surface area contributed by atoms with Gasteiger partial charge in [-0.25, -0.2) is 0 Å². The second kappa shape index (κ2) is 7.25. The maximum atomic E-state index is 11.6. The molecule has 0 aromatic carbocycles. The SMILES string of the molecule is CC(C)CCCN(C)C(=O)CC(C)C(=O)O. The van der Waals surface area contributed by atoms with Crippen LogP contribution in [0.15, 0.2) is 0 Å². The summed E-state index contributed by atoms with van der Waals surface area (Å²) in [5, 5.41) is 8.69. The highest BCUT2D eigenvalue weighted by molar-refractivity contribution is 5.81. The lowest BCUT2D eigenvalue weighted by molar-refractivity contribution is -0.145. The first-order valence-electron chi connectivity index (χ1n) is 5.81. The Balaban J connectivity index is 3.86. The molecule has 0 aliphatic carbocycles. The monoisotopic (exact) mass is 229 g/mol. The molecule has 1 unspecified atom stereocenters. The molecule has 0 rings (SSSR count). The molecule has 16 heavy (non-hydrogen) atoms. The number of carboxylic acid groups (broad SMARTS) is 1. The largest absolute Gasteiger partial charge is 0.481 e. The molecule has 1 amide bonds. The van der Waals surface area contributed by atoms with E-state index in [2.05, 4.69) is 13.8 Å². The third-order valence-corrected chi connectivity index (χ3v) is 2.60. The van der Waals surface area contributed by atoms with Crippen LogP contribution in [0.2, 0.25) is 0 Å². The highest BCUT2D eigenvalue weighted by Crippen LogP contribution is 2.07. The maximum absolute atomic E-state index is 11.6. The number of aliphatic carboxylic acids is 1. The summed E-state index contributed by atoms with van der Waals surface area (Å²) in [6, 6.07) is 0. The highest BCUT2D eigenvalue weighted by Gasteiger charge is 2.18. The Morgan fingerprint density at radius 2 is 1.81 bits per heavy atom. The average Bonchev–Trinajstić information content (AvgIpc) is 2.16. The lowest BCUT2D eigenvalue weighted by Crippen LogP contribution is -2.30. The molecule has 0 aliphatic rings. The smallest absolute Gasteiger partial charge is 0.306 e. The van der Waals surface area contributed by atoms with Gasteiger partial charge in [0.25, 0.3) is 0 Å². The van der Waals surface area contributed by atoms with Gasteiger partial charge in [-0.3, -0.25) is 9.59 Å². The van der Waals surface area contributed by atoms with E-state index in [-0.39, 0.29) is 12.3 Å². The molecule has 4 nitrogen and oxygen atoms in total. The Hall–Kier alpha value is -1.06. The predicted octanol–water partition coefficient (Wildman–Crippen LogP) is 1.99. The summed E-state index contributed by atoms with van der Waals surface area (Å²) < 4.78 is 0. The average molecular weight is 229 g/mol. The van der Waals surface area contributed by atoms with Gasteiger partial charge in [-0.05, 0) is 18.8 Å². The van der Waals surface area contributed by atoms with E-state index in [9.17, 15) is 9.59 Å². The summed E-state index contributed by atoms with van der Waals surface area (Å²) in [5.74, 6) is -0.955. The minimum absolute atomic E-state index is 0.0846. The van der Waals surface area contributed by atoms with Crippen molar-refractivity contribution in [3.05, 3.63) is 0 Å². The standard InChI is InChI=1S/C12H23NO3/c1-9(2)6-5-7-13(4)11(14)8-10(3)12(15)16/h9-10H,5-8H2,1-4H3,(H,15,16). The fourth-order valence-corrected chi connectivity index (χ4v) is 1.37. The van der Waals surface area contributed by atoms with Crippen molar-refractivity contribution in [2.24, 2.45) is 11.8 Å². The van der Waals surface area contributed by atoms with Crippen molar-refractivity contribution < 1.29 is 14.7 Å². The van der Waals surface area contributed by atoms with Crippen LogP contribution in [0.25, 0.3) is 0 Å². The Labute approximate surface area is 97.6 Å². The van der Waals surface area contributed by atoms with Crippen molar-refractivity contribution in [2.45, 2.75) is 40.0 Å². The fourth-order valence-electron chi connectivity index (χ4n) is 1.37. The summed E-state index contributed by atoms with van der Waals surface area (Å²) in [5.41, 5.74) is 0. The summed E-state index contributed by atoms with van der Waals surface area (Å²) in [6.07, 6.45) is 2.15. The van der Waals surface area contributed by atoms with Crippen LogP contribution in [0.3, 0.4) is 0 Å². The van der Waals surface area contributed by atoms with Gasteiger partial charge in [0, 0.05) is 20.0 Å². The minimum Gasteiger partial charge on any atom is -0.481 e. The predicted molar refractivity (Wildman–Crippen MR) is 63.1 cm³/mol. The molecule has 0 bridgehead atoms. The van der Waals surface area contributed by atoms with Crippen molar-refractivity contribution in [3.8, 4) is 0 Å². The molecule has 0 radical (unpaired) electrons. The third-order valence-electron chi connectivity index (χ3n) is 2.60. The van der Waals surface area contributed by atoms with E-state index < -0.39 is 11.9 Å². The van der Waals surface area contributed by atoms with E-state index in [0.29, 0.717) is 12.5 Å². The van der Waals surface area contributed by atoms with Crippen LogP contribution in [-0.4, -0.2) is 35.5 Å². The van der Waals surface area contributed by atoms with Crippen LogP contribution in [-0.2, 0) is 9.59 Å². The summed E-state index contributed by atoms with van der Waals surface area (Å²) in [7, 11) is 1.73. The van der Waals surface area contributed by atoms with E-state index in [1.807, 2.05) is 0 Å². The van der Waals surface area contributed by atoms with Crippen molar-refractivity contribution in [3.63, 3.8) is 0 Å². The van der Waals surface area contributed by atoms with Crippen molar-refractivity contribution in [1.82, 2.24) is 4.90 Å². The van der Waals surface area contributed by atoms with Gasteiger partial charge < -0.3 is 10.0 Å². The van der Waals surface area contributed by atoms with E-state index in [4.69, 9.17) is 5.11 Å². The van der Waals surface area contributed by atoms with Crippen LogP contribution >= 0.6 is 0 Å². The van der Waals surface area contributed by atoms with Gasteiger partial charge in [-0.15, -0.1) is 0 Å². The number of rotatable bonds is 7. The fraction of sp³-hybridized carbons (Fsp3) is 0.833. The number of hydrogen-bond donors (Lipinski definition) is 1. The van der Waals surface area contributed by atoms with E-state index in [1.165, 1.54) is 0 Å². The molecular formula is C12H23NO3. The molecule has 1 N–H and O–H groups in total. The number of hydrogen-bond acceptors (Lipinski definition) is 2. The Kier molecular flexibility index (Phi) is 6.77. The van der Waals surface area contributed by atoms with E-state index in [0.717, 1.165) is 12.8 Å². The molecular weight excluding hydrogens is 206 g/mol. The molecule has 0 spiro atoms. The van der Waals surface area contributed by atoms with Gasteiger partial charge >= 0.3 is 5.97 Å². The quantitative estimate of drug-likeness (QED) is 0.726. The molecule has 0 aromatic rings. The number of amides is 1. The van der Waals surface area contributed by atoms with Crippen LogP contribution < -0.4 is 0 Å². The highest BCUT2D eigenvalue weighted by atomic mass is 16.4. The second-order valence-electron chi connectivity index (χ2n) is 4.79. The first-order valence-corrected chi connectivity index (χ1v) is 5.81. The van der Waals surface area contributed by atoms with Crippen LogP contribution in [0.4, 0.5) is 0 Å². The lowest BCUT2D eigenvalue weighted by atomic mass is 10.1. The molecule has 0 fully saturated rings. The molecule has 4 heteroatoms. The lowest BCUT2D eigenvalue weighted by Gasteiger charge is -2.18. The normalized spacial score (nSPS) is 12.6. The Bertz CT molecular complexity index is 238. The van der Waals surface area contributed by atoms with Crippen molar-refractivity contribution in [1.29, 1.82) is 0 Å². The maximum Gasteiger partial charge on any atom is 0.306 e. The first kappa shape index (κ1) is 14.9. The Morgan fingerprint density at radius 3 is 2.25 bits per heavy atom. The van der Waals surface area contributed by atoms with Gasteiger partial charge in [0.2, 0.25) is 5.91 Å². The van der Waals surface area contributed by atoms with Crippen molar-refractivity contribution >= 4 is 11.9 Å². The number of carboxylic acids is 1. The first-order chi connectivity index (χ1) is 7.34. The van der Waals surface area contributed by atoms with E-state index >= 15 is 0 Å². The molecule has 94 valence electrons. The van der Waals surface area contributed by atoms with Crippen LogP contribution in [0.5, 0.6) is 0 Å². The van der Waals surface area contributed by atoms with Gasteiger partial charge in [-0.2, -0.15) is 0 Å². The molecule has 1 atom stereocenters. The Morgan fingerprint density at radius 1 is 1.25 bits per heavy atom. The van der Waals surface area contributed by atoms with Crippen LogP contribution in [0, 0.1) is 11.8 Å². The summed E-state index contributed by atoms with van der Waals surface area (Å²) in [4.78, 5) is 23.8. The van der Waals surface area contributed by atoms with Gasteiger partial charge in [-0.1, -0.05) is 20.8 Å². The minimum atomic E-state index is -0.913. The second-order valence-corrected chi connectivity index (χ2v) is 4.79. The number of nitrogens with zero attached hydrogens (tertiary/aromatic N) is 1. The molecule has 0 saturated heterocycles. The topological polar surface area (TPSA) is 57.6 Å². The van der Waals surface area contributed by atoms with Gasteiger partial charge in [0.1, 0.15) is 0 Å². The van der Waals surface area contributed by atoms with Crippen molar-refractivity contribution in [2.75, 3.05) is 13.6 Å². The molecule has 0 heterocycles. The zero-order valence-electron chi connectivity index (χ0n) is 10.7. The molecule has 0 aromatic heterocycles. The third kappa shape index (κ3) is 6.43. The van der Waals surface area contributed by atoms with Gasteiger partial charge in [0.05, 0.1) is 5.92 Å². The van der Waals surface area contributed by atoms with Crippen LogP contribution in [0.1, 0.15) is 40.0 Å². The van der Waals surface area contributed by atoms with E-state index in [1.54, 1.807) is 18.9 Å². The summed E-state index contributed by atoms with van der Waals surface area (Å²) in [6.45, 7) is 6.56.